The zero-order chi connectivity index (χ0) is 15.5. The summed E-state index contributed by atoms with van der Waals surface area (Å²) >= 11 is 1.47. The quantitative estimate of drug-likeness (QED) is 0.741. The summed E-state index contributed by atoms with van der Waals surface area (Å²) in [4.78, 5) is 24.6. The van der Waals surface area contributed by atoms with Gasteiger partial charge in [0, 0.05) is 22.0 Å². The Morgan fingerprint density at radius 1 is 1.14 bits per heavy atom. The van der Waals surface area contributed by atoms with Gasteiger partial charge in [0.2, 0.25) is 6.79 Å². The standard InChI is InChI=1S/C14H13N3O4S/c1-8-4-9(6-22-8)13(18)16-17-14(19)15-10-2-3-11-12(5-10)21-7-20-11/h2-6H,7H2,1H3,(H,16,18)(H2,15,17,19). The first-order valence-corrected chi connectivity index (χ1v) is 7.32. The highest BCUT2D eigenvalue weighted by molar-refractivity contribution is 7.10. The SMILES string of the molecule is Cc1cc(C(=O)NNC(=O)Nc2ccc3c(c2)OCO3)cs1. The van der Waals surface area contributed by atoms with Crippen LogP contribution in [0.4, 0.5) is 10.5 Å². The smallest absolute Gasteiger partial charge is 0.337 e. The molecule has 0 spiro atoms. The van der Waals surface area contributed by atoms with E-state index in [2.05, 4.69) is 16.2 Å². The Hall–Kier alpha value is -2.74. The Morgan fingerprint density at radius 3 is 2.73 bits per heavy atom. The number of anilines is 1. The molecule has 8 heteroatoms. The maximum atomic E-state index is 11.8. The van der Waals surface area contributed by atoms with Gasteiger partial charge in [-0.2, -0.15) is 0 Å². The van der Waals surface area contributed by atoms with Crippen LogP contribution < -0.4 is 25.6 Å². The highest BCUT2D eigenvalue weighted by Crippen LogP contribution is 2.34. The lowest BCUT2D eigenvalue weighted by Crippen LogP contribution is -2.43. The number of hydrogen-bond acceptors (Lipinski definition) is 5. The maximum Gasteiger partial charge on any atom is 0.337 e. The summed E-state index contributed by atoms with van der Waals surface area (Å²) in [5.41, 5.74) is 5.66. The monoisotopic (exact) mass is 319 g/mol. The number of ether oxygens (including phenoxy) is 2. The summed E-state index contributed by atoms with van der Waals surface area (Å²) in [5, 5.41) is 4.31. The van der Waals surface area contributed by atoms with Gasteiger partial charge in [0.05, 0.1) is 5.56 Å². The summed E-state index contributed by atoms with van der Waals surface area (Å²) < 4.78 is 10.4. The molecule has 0 bridgehead atoms. The van der Waals surface area contributed by atoms with E-state index in [1.165, 1.54) is 11.3 Å². The lowest BCUT2D eigenvalue weighted by molar-refractivity contribution is 0.0938. The summed E-state index contributed by atoms with van der Waals surface area (Å²) in [6.07, 6.45) is 0. The molecule has 0 saturated carbocycles. The van der Waals surface area contributed by atoms with E-state index in [0.717, 1.165) is 4.88 Å². The van der Waals surface area contributed by atoms with Gasteiger partial charge >= 0.3 is 6.03 Å². The van der Waals surface area contributed by atoms with Gasteiger partial charge in [-0.1, -0.05) is 0 Å². The summed E-state index contributed by atoms with van der Waals surface area (Å²) in [5.74, 6) is 0.827. The molecule has 7 nitrogen and oxygen atoms in total. The molecule has 2 heterocycles. The van der Waals surface area contributed by atoms with Crippen LogP contribution in [0.2, 0.25) is 0 Å². The van der Waals surface area contributed by atoms with Crippen molar-refractivity contribution in [3.8, 4) is 11.5 Å². The van der Waals surface area contributed by atoms with Gasteiger partial charge < -0.3 is 14.8 Å². The summed E-state index contributed by atoms with van der Waals surface area (Å²) in [6, 6.07) is 6.21. The van der Waals surface area contributed by atoms with E-state index in [-0.39, 0.29) is 12.7 Å². The zero-order valence-corrected chi connectivity index (χ0v) is 12.5. The Balaban J connectivity index is 1.53. The third-order valence-electron chi connectivity index (χ3n) is 2.91. The minimum atomic E-state index is -0.556. The Morgan fingerprint density at radius 2 is 1.95 bits per heavy atom. The largest absolute Gasteiger partial charge is 0.454 e. The molecule has 0 atom stereocenters. The van der Waals surface area contributed by atoms with Gasteiger partial charge in [-0.25, -0.2) is 10.2 Å². The molecule has 3 rings (SSSR count). The van der Waals surface area contributed by atoms with Crippen LogP contribution in [0.3, 0.4) is 0 Å². The fourth-order valence-corrected chi connectivity index (χ4v) is 2.57. The van der Waals surface area contributed by atoms with Crippen LogP contribution in [0.15, 0.2) is 29.6 Å². The van der Waals surface area contributed by atoms with Crippen LogP contribution in [0.25, 0.3) is 0 Å². The van der Waals surface area contributed by atoms with Crippen LogP contribution in [0.1, 0.15) is 15.2 Å². The summed E-state index contributed by atoms with van der Waals surface area (Å²) in [6.45, 7) is 2.07. The van der Waals surface area contributed by atoms with E-state index in [4.69, 9.17) is 9.47 Å². The first-order chi connectivity index (χ1) is 10.6. The second-order valence-corrected chi connectivity index (χ2v) is 5.66. The minimum Gasteiger partial charge on any atom is -0.454 e. The number of thiophene rings is 1. The van der Waals surface area contributed by atoms with Crippen molar-refractivity contribution < 1.29 is 19.1 Å². The van der Waals surface area contributed by atoms with Crippen molar-refractivity contribution in [2.75, 3.05) is 12.1 Å². The van der Waals surface area contributed by atoms with Crippen LogP contribution in [-0.2, 0) is 0 Å². The van der Waals surface area contributed by atoms with E-state index in [9.17, 15) is 9.59 Å². The zero-order valence-electron chi connectivity index (χ0n) is 11.6. The molecule has 1 aliphatic heterocycles. The number of nitrogens with one attached hydrogen (secondary N) is 3. The molecule has 2 aromatic rings. The predicted octanol–water partition coefficient (Wildman–Crippen LogP) is 2.25. The number of hydrogen-bond donors (Lipinski definition) is 3. The van der Waals surface area contributed by atoms with Crippen LogP contribution in [-0.4, -0.2) is 18.7 Å². The molecular formula is C14H13N3O4S. The molecule has 3 N–H and O–H groups in total. The number of carbonyl (C=O) groups excluding carboxylic acids is 2. The topological polar surface area (TPSA) is 88.7 Å². The first-order valence-electron chi connectivity index (χ1n) is 6.44. The van der Waals surface area contributed by atoms with E-state index in [0.29, 0.717) is 22.7 Å². The minimum absolute atomic E-state index is 0.168. The van der Waals surface area contributed by atoms with Gasteiger partial charge in [0.25, 0.3) is 5.91 Å². The molecule has 1 aromatic heterocycles. The first kappa shape index (κ1) is 14.2. The number of benzene rings is 1. The number of carbonyl (C=O) groups is 2. The van der Waals surface area contributed by atoms with Gasteiger partial charge in [-0.05, 0) is 25.1 Å². The average molecular weight is 319 g/mol. The third kappa shape index (κ3) is 3.12. The second-order valence-electron chi connectivity index (χ2n) is 4.55. The van der Waals surface area contributed by atoms with Crippen LogP contribution >= 0.6 is 11.3 Å². The van der Waals surface area contributed by atoms with Gasteiger partial charge in [0.1, 0.15) is 0 Å². The fourth-order valence-electron chi connectivity index (χ4n) is 1.88. The molecule has 1 aliphatic rings. The predicted molar refractivity (Wildman–Crippen MR) is 81.2 cm³/mol. The number of aryl methyl sites for hydroxylation is 1. The van der Waals surface area contributed by atoms with Crippen molar-refractivity contribution in [2.24, 2.45) is 0 Å². The Labute approximate surface area is 130 Å². The lowest BCUT2D eigenvalue weighted by atomic mass is 10.3. The van der Waals surface area contributed by atoms with Gasteiger partial charge in [0.15, 0.2) is 11.5 Å². The third-order valence-corrected chi connectivity index (χ3v) is 3.77. The molecule has 0 saturated heterocycles. The lowest BCUT2D eigenvalue weighted by Gasteiger charge is -2.08. The Kier molecular flexibility index (Phi) is 3.84. The highest BCUT2D eigenvalue weighted by atomic mass is 32.1. The van der Waals surface area contributed by atoms with Crippen molar-refractivity contribution in [2.45, 2.75) is 6.92 Å². The van der Waals surface area contributed by atoms with Crippen molar-refractivity contribution in [3.05, 3.63) is 40.1 Å². The number of amides is 3. The van der Waals surface area contributed by atoms with Crippen LogP contribution in [0, 0.1) is 6.92 Å². The molecule has 0 aliphatic carbocycles. The number of rotatable bonds is 2. The van der Waals surface area contributed by atoms with Gasteiger partial charge in [-0.3, -0.25) is 10.2 Å². The average Bonchev–Trinajstić information content (AvgIpc) is 3.13. The summed E-state index contributed by atoms with van der Waals surface area (Å²) in [7, 11) is 0. The van der Waals surface area contributed by atoms with Crippen molar-refractivity contribution in [1.82, 2.24) is 10.9 Å². The normalized spacial score (nSPS) is 11.9. The number of hydrazine groups is 1. The van der Waals surface area contributed by atoms with Crippen molar-refractivity contribution in [3.63, 3.8) is 0 Å². The maximum absolute atomic E-state index is 11.8. The molecule has 0 unspecified atom stereocenters. The Bertz CT molecular complexity index is 729. The van der Waals surface area contributed by atoms with Crippen molar-refractivity contribution >= 4 is 29.0 Å². The van der Waals surface area contributed by atoms with Gasteiger partial charge in [-0.15, -0.1) is 11.3 Å². The van der Waals surface area contributed by atoms with Crippen LogP contribution in [0.5, 0.6) is 11.5 Å². The van der Waals surface area contributed by atoms with E-state index < -0.39 is 6.03 Å². The fraction of sp³-hybridized carbons (Fsp3) is 0.143. The second kappa shape index (κ2) is 5.94. The van der Waals surface area contributed by atoms with Crippen molar-refractivity contribution in [1.29, 1.82) is 0 Å². The molecule has 114 valence electrons. The molecule has 3 amide bonds. The van der Waals surface area contributed by atoms with E-state index in [1.807, 2.05) is 6.92 Å². The molecule has 0 fully saturated rings. The number of urea groups is 1. The number of fused-ring (bicyclic) bond motifs is 1. The highest BCUT2D eigenvalue weighted by Gasteiger charge is 2.14. The molecular weight excluding hydrogens is 306 g/mol. The molecule has 22 heavy (non-hydrogen) atoms. The molecule has 0 radical (unpaired) electrons. The molecule has 1 aromatic carbocycles. The van der Waals surface area contributed by atoms with E-state index in [1.54, 1.807) is 29.6 Å². The van der Waals surface area contributed by atoms with E-state index >= 15 is 0 Å².